The van der Waals surface area contributed by atoms with Crippen molar-refractivity contribution in [1.29, 1.82) is 0 Å². The monoisotopic (exact) mass is 305 g/mol. The third-order valence-corrected chi connectivity index (χ3v) is 3.99. The van der Waals surface area contributed by atoms with Crippen LogP contribution in [-0.4, -0.2) is 49.8 Å². The van der Waals surface area contributed by atoms with Gasteiger partial charge in [0.05, 0.1) is 19.3 Å². The Labute approximate surface area is 133 Å². The van der Waals surface area contributed by atoms with E-state index in [2.05, 4.69) is 12.1 Å². The second kappa shape index (κ2) is 9.59. The predicted octanol–water partition coefficient (Wildman–Crippen LogP) is 2.66. The summed E-state index contributed by atoms with van der Waals surface area (Å²) < 4.78 is 11.1. The molecular weight excluding hydrogens is 278 g/mol. The normalized spacial score (nSPS) is 18.4. The molecule has 2 rings (SSSR count). The van der Waals surface area contributed by atoms with Gasteiger partial charge in [-0.3, -0.25) is 4.79 Å². The van der Waals surface area contributed by atoms with E-state index in [4.69, 9.17) is 9.47 Å². The topological polar surface area (TPSA) is 38.8 Å². The number of hydrogen-bond donors (Lipinski definition) is 0. The van der Waals surface area contributed by atoms with Crippen molar-refractivity contribution in [3.05, 3.63) is 35.9 Å². The van der Waals surface area contributed by atoms with Crippen LogP contribution in [-0.2, 0) is 20.7 Å². The molecule has 1 aromatic rings. The van der Waals surface area contributed by atoms with Crippen LogP contribution in [0.4, 0.5) is 0 Å². The molecule has 1 saturated heterocycles. The fourth-order valence-electron chi connectivity index (χ4n) is 2.77. The first-order valence-corrected chi connectivity index (χ1v) is 8.30. The van der Waals surface area contributed by atoms with Crippen molar-refractivity contribution < 1.29 is 14.3 Å². The number of nitrogens with zero attached hydrogens (tertiary/aromatic N) is 1. The van der Waals surface area contributed by atoms with Gasteiger partial charge in [-0.1, -0.05) is 30.3 Å². The molecule has 0 radical (unpaired) electrons. The highest BCUT2D eigenvalue weighted by molar-refractivity contribution is 5.76. The molecule has 4 nitrogen and oxygen atoms in total. The van der Waals surface area contributed by atoms with Gasteiger partial charge in [0.1, 0.15) is 0 Å². The maximum Gasteiger partial charge on any atom is 0.222 e. The largest absolute Gasteiger partial charge is 0.379 e. The van der Waals surface area contributed by atoms with Gasteiger partial charge in [0.25, 0.3) is 0 Å². The lowest BCUT2D eigenvalue weighted by Gasteiger charge is -2.32. The van der Waals surface area contributed by atoms with E-state index in [1.54, 1.807) is 0 Å². The molecule has 0 spiro atoms. The SMILES string of the molecule is CCOCCOC1CCCN(C(=O)CCc2ccccc2)C1. The van der Waals surface area contributed by atoms with E-state index in [1.807, 2.05) is 30.0 Å². The number of benzene rings is 1. The molecule has 22 heavy (non-hydrogen) atoms. The van der Waals surface area contributed by atoms with Crippen molar-refractivity contribution in [3.8, 4) is 0 Å². The molecule has 0 aromatic heterocycles. The summed E-state index contributed by atoms with van der Waals surface area (Å²) >= 11 is 0. The first kappa shape index (κ1) is 17.0. The fourth-order valence-corrected chi connectivity index (χ4v) is 2.77. The second-order valence-electron chi connectivity index (χ2n) is 5.66. The smallest absolute Gasteiger partial charge is 0.222 e. The van der Waals surface area contributed by atoms with E-state index in [0.29, 0.717) is 19.6 Å². The maximum absolute atomic E-state index is 12.3. The first-order chi connectivity index (χ1) is 10.8. The van der Waals surface area contributed by atoms with Gasteiger partial charge in [0.15, 0.2) is 0 Å². The van der Waals surface area contributed by atoms with Gasteiger partial charge in [-0.15, -0.1) is 0 Å². The van der Waals surface area contributed by atoms with Crippen molar-refractivity contribution >= 4 is 5.91 Å². The summed E-state index contributed by atoms with van der Waals surface area (Å²) in [4.78, 5) is 14.3. The van der Waals surface area contributed by atoms with E-state index in [9.17, 15) is 4.79 Å². The quantitative estimate of drug-likeness (QED) is 0.693. The molecule has 1 heterocycles. The molecule has 0 aliphatic carbocycles. The van der Waals surface area contributed by atoms with E-state index in [1.165, 1.54) is 5.56 Å². The number of likely N-dealkylation sites (tertiary alicyclic amines) is 1. The highest BCUT2D eigenvalue weighted by Gasteiger charge is 2.23. The third-order valence-electron chi connectivity index (χ3n) is 3.99. The predicted molar refractivity (Wildman–Crippen MR) is 86.8 cm³/mol. The van der Waals surface area contributed by atoms with Crippen molar-refractivity contribution in [2.75, 3.05) is 32.9 Å². The Morgan fingerprint density at radius 1 is 1.27 bits per heavy atom. The molecule has 1 aromatic carbocycles. The maximum atomic E-state index is 12.3. The number of carbonyl (C=O) groups is 1. The number of aryl methyl sites for hydroxylation is 1. The van der Waals surface area contributed by atoms with Crippen molar-refractivity contribution in [3.63, 3.8) is 0 Å². The van der Waals surface area contributed by atoms with Crippen LogP contribution < -0.4 is 0 Å². The number of hydrogen-bond acceptors (Lipinski definition) is 3. The van der Waals surface area contributed by atoms with E-state index in [-0.39, 0.29) is 12.0 Å². The molecule has 0 saturated carbocycles. The lowest BCUT2D eigenvalue weighted by Crippen LogP contribution is -2.43. The molecule has 1 aliphatic rings. The average Bonchev–Trinajstić information content (AvgIpc) is 2.58. The number of ether oxygens (including phenoxy) is 2. The van der Waals surface area contributed by atoms with Crippen molar-refractivity contribution in [2.24, 2.45) is 0 Å². The van der Waals surface area contributed by atoms with Gasteiger partial charge in [-0.05, 0) is 31.7 Å². The van der Waals surface area contributed by atoms with Crippen LogP contribution in [0.15, 0.2) is 30.3 Å². The van der Waals surface area contributed by atoms with E-state index < -0.39 is 0 Å². The Morgan fingerprint density at radius 3 is 2.86 bits per heavy atom. The number of piperidine rings is 1. The van der Waals surface area contributed by atoms with Gasteiger partial charge in [-0.25, -0.2) is 0 Å². The zero-order valence-electron chi connectivity index (χ0n) is 13.5. The van der Waals surface area contributed by atoms with Gasteiger partial charge >= 0.3 is 0 Å². The minimum Gasteiger partial charge on any atom is -0.379 e. The zero-order chi connectivity index (χ0) is 15.6. The molecule has 4 heteroatoms. The van der Waals surface area contributed by atoms with Gasteiger partial charge in [0.2, 0.25) is 5.91 Å². The Kier molecular flexibility index (Phi) is 7.40. The molecule has 1 fully saturated rings. The lowest BCUT2D eigenvalue weighted by atomic mass is 10.1. The van der Waals surface area contributed by atoms with Crippen LogP contribution in [0.5, 0.6) is 0 Å². The molecule has 1 atom stereocenters. The second-order valence-corrected chi connectivity index (χ2v) is 5.66. The Bertz CT molecular complexity index is 435. The number of rotatable bonds is 8. The van der Waals surface area contributed by atoms with Crippen LogP contribution in [0, 0.1) is 0 Å². The van der Waals surface area contributed by atoms with Gasteiger partial charge in [-0.2, -0.15) is 0 Å². The highest BCUT2D eigenvalue weighted by Crippen LogP contribution is 2.15. The van der Waals surface area contributed by atoms with Crippen LogP contribution in [0.3, 0.4) is 0 Å². The summed E-state index contributed by atoms with van der Waals surface area (Å²) in [5.41, 5.74) is 1.22. The molecule has 122 valence electrons. The molecule has 1 unspecified atom stereocenters. The minimum absolute atomic E-state index is 0.162. The molecule has 1 amide bonds. The van der Waals surface area contributed by atoms with Crippen LogP contribution in [0.2, 0.25) is 0 Å². The summed E-state index contributed by atoms with van der Waals surface area (Å²) in [6.07, 6.45) is 3.61. The summed E-state index contributed by atoms with van der Waals surface area (Å²) in [6, 6.07) is 10.2. The average molecular weight is 305 g/mol. The van der Waals surface area contributed by atoms with Crippen molar-refractivity contribution in [1.82, 2.24) is 4.90 Å². The molecular formula is C18H27NO3. The van der Waals surface area contributed by atoms with Crippen LogP contribution >= 0.6 is 0 Å². The molecule has 1 aliphatic heterocycles. The first-order valence-electron chi connectivity index (χ1n) is 8.30. The Hall–Kier alpha value is -1.39. The summed E-state index contributed by atoms with van der Waals surface area (Å²) in [5, 5.41) is 0. The number of amides is 1. The van der Waals surface area contributed by atoms with Crippen molar-refractivity contribution in [2.45, 2.75) is 38.7 Å². The van der Waals surface area contributed by atoms with Crippen LogP contribution in [0.25, 0.3) is 0 Å². The highest BCUT2D eigenvalue weighted by atomic mass is 16.5. The standard InChI is InChI=1S/C18H27NO3/c1-2-21-13-14-22-17-9-6-12-19(15-17)18(20)11-10-16-7-4-3-5-8-16/h3-5,7-8,17H,2,6,9-15H2,1H3. The fraction of sp³-hybridized carbons (Fsp3) is 0.611. The summed E-state index contributed by atoms with van der Waals surface area (Å²) in [5.74, 6) is 0.238. The van der Waals surface area contributed by atoms with Gasteiger partial charge in [0, 0.05) is 26.1 Å². The van der Waals surface area contributed by atoms with E-state index >= 15 is 0 Å². The zero-order valence-corrected chi connectivity index (χ0v) is 13.5. The van der Waals surface area contributed by atoms with E-state index in [0.717, 1.165) is 39.0 Å². The summed E-state index contributed by atoms with van der Waals surface area (Å²) in [6.45, 7) is 5.53. The minimum atomic E-state index is 0.162. The third kappa shape index (κ3) is 5.78. The summed E-state index contributed by atoms with van der Waals surface area (Å²) in [7, 11) is 0. The van der Waals surface area contributed by atoms with Gasteiger partial charge < -0.3 is 14.4 Å². The number of carbonyl (C=O) groups excluding carboxylic acids is 1. The lowest BCUT2D eigenvalue weighted by molar-refractivity contribution is -0.135. The Balaban J connectivity index is 1.70. The Morgan fingerprint density at radius 2 is 2.09 bits per heavy atom. The molecule has 0 N–H and O–H groups in total. The van der Waals surface area contributed by atoms with Crippen LogP contribution in [0.1, 0.15) is 31.7 Å². The molecule has 0 bridgehead atoms.